The zero-order valence-corrected chi connectivity index (χ0v) is 29.4. The molecule has 5 aromatic rings. The summed E-state index contributed by atoms with van der Waals surface area (Å²) in [4.78, 5) is 10.0. The van der Waals surface area contributed by atoms with E-state index in [1.165, 1.54) is 105 Å². The molecule has 0 nitrogen and oxygen atoms in total. The number of hydrogen-bond acceptors (Lipinski definition) is 4. The third-order valence-electron chi connectivity index (χ3n) is 9.48. The first-order chi connectivity index (χ1) is 19.7. The standard InChI is InChI=1S/C36H37BrS4/c1-6-7-8-9-10-11-16-36(5)25-18-22-24(17-23(25)34-27(36)20-31(41-34)28-13-12-21(2)38-28)35(3,4)26-19-30(40-33(22)26)29-14-15-32(37)39-29/h12-15,17-20H,6-11,16H2,1-5H3. The molecule has 0 bridgehead atoms. The predicted octanol–water partition coefficient (Wildman–Crippen LogP) is 13.7. The monoisotopic (exact) mass is 676 g/mol. The molecule has 0 spiro atoms. The molecule has 4 aromatic heterocycles. The molecule has 0 radical (unpaired) electrons. The van der Waals surface area contributed by atoms with Crippen LogP contribution in [0.2, 0.25) is 0 Å². The Morgan fingerprint density at radius 3 is 1.90 bits per heavy atom. The molecule has 5 heteroatoms. The average molecular weight is 678 g/mol. The van der Waals surface area contributed by atoms with Crippen LogP contribution in [0.1, 0.15) is 99.8 Å². The number of fused-ring (bicyclic) bond motifs is 6. The fourth-order valence-corrected chi connectivity index (χ4v) is 12.2. The summed E-state index contributed by atoms with van der Waals surface area (Å²) < 4.78 is 1.20. The Bertz CT molecular complexity index is 1760. The van der Waals surface area contributed by atoms with E-state index in [0.717, 1.165) is 0 Å². The summed E-state index contributed by atoms with van der Waals surface area (Å²) in [5.74, 6) is 0. The zero-order valence-electron chi connectivity index (χ0n) is 24.6. The maximum atomic E-state index is 3.67. The SMILES string of the molecule is CCCCCCCCC1(C)c2cc3c(cc2-c2sc(-c4ccc(C)s4)cc21)C(C)(C)c1cc(-c2ccc(Br)s2)sc1-3. The first-order valence-electron chi connectivity index (χ1n) is 15.0. The lowest BCUT2D eigenvalue weighted by Crippen LogP contribution is -2.21. The van der Waals surface area contributed by atoms with Crippen LogP contribution >= 0.6 is 61.3 Å². The minimum atomic E-state index is 0.00627. The van der Waals surface area contributed by atoms with Crippen LogP contribution in [0.5, 0.6) is 0 Å². The fourth-order valence-electron chi connectivity index (χ4n) is 7.08. The van der Waals surface area contributed by atoms with Crippen molar-refractivity contribution >= 4 is 61.3 Å². The van der Waals surface area contributed by atoms with E-state index in [0.29, 0.717) is 0 Å². The molecule has 4 heterocycles. The van der Waals surface area contributed by atoms with Gasteiger partial charge in [0.15, 0.2) is 0 Å². The molecule has 0 saturated heterocycles. The molecular weight excluding hydrogens is 641 g/mol. The molecule has 0 fully saturated rings. The highest BCUT2D eigenvalue weighted by molar-refractivity contribution is 9.11. The number of hydrogen-bond donors (Lipinski definition) is 0. The van der Waals surface area contributed by atoms with Crippen molar-refractivity contribution in [2.45, 2.75) is 90.4 Å². The Kier molecular flexibility index (Phi) is 7.31. The highest BCUT2D eigenvalue weighted by Gasteiger charge is 2.45. The Hall–Kier alpha value is -1.50. The first kappa shape index (κ1) is 28.3. The van der Waals surface area contributed by atoms with Crippen molar-refractivity contribution in [3.63, 3.8) is 0 Å². The van der Waals surface area contributed by atoms with Crippen molar-refractivity contribution < 1.29 is 0 Å². The normalized spacial score (nSPS) is 18.0. The summed E-state index contributed by atoms with van der Waals surface area (Å²) in [6.45, 7) is 12.0. The van der Waals surface area contributed by atoms with Gasteiger partial charge in [0.05, 0.1) is 3.79 Å². The van der Waals surface area contributed by atoms with Crippen LogP contribution in [0.15, 0.2) is 52.3 Å². The lowest BCUT2D eigenvalue weighted by molar-refractivity contribution is 0.481. The van der Waals surface area contributed by atoms with Crippen molar-refractivity contribution in [3.05, 3.63) is 79.4 Å². The van der Waals surface area contributed by atoms with Gasteiger partial charge in [-0.1, -0.05) is 66.2 Å². The van der Waals surface area contributed by atoms with Crippen molar-refractivity contribution in [1.29, 1.82) is 0 Å². The van der Waals surface area contributed by atoms with Gasteiger partial charge in [0.2, 0.25) is 0 Å². The minimum Gasteiger partial charge on any atom is -0.140 e. The Labute approximate surface area is 269 Å². The second-order valence-electron chi connectivity index (χ2n) is 12.6. The molecule has 1 aromatic carbocycles. The van der Waals surface area contributed by atoms with Crippen LogP contribution < -0.4 is 0 Å². The third-order valence-corrected chi connectivity index (χ3v) is 14.8. The van der Waals surface area contributed by atoms with Crippen LogP contribution in [0.4, 0.5) is 0 Å². The van der Waals surface area contributed by atoms with Crippen LogP contribution in [-0.2, 0) is 10.8 Å². The maximum absolute atomic E-state index is 3.67. The van der Waals surface area contributed by atoms with Gasteiger partial charge in [-0.05, 0) is 111 Å². The molecule has 212 valence electrons. The summed E-state index contributed by atoms with van der Waals surface area (Å²) in [6.07, 6.45) is 9.29. The molecule has 1 atom stereocenters. The van der Waals surface area contributed by atoms with Crippen molar-refractivity contribution in [3.8, 4) is 40.4 Å². The van der Waals surface area contributed by atoms with Crippen LogP contribution in [0, 0.1) is 6.92 Å². The van der Waals surface area contributed by atoms with Crippen LogP contribution in [0.3, 0.4) is 0 Å². The molecule has 2 aliphatic carbocycles. The van der Waals surface area contributed by atoms with Crippen molar-refractivity contribution in [2.24, 2.45) is 0 Å². The fraction of sp³-hybridized carbons (Fsp3) is 0.389. The van der Waals surface area contributed by atoms with Gasteiger partial charge < -0.3 is 0 Å². The lowest BCUT2D eigenvalue weighted by atomic mass is 9.75. The van der Waals surface area contributed by atoms with Crippen molar-refractivity contribution in [1.82, 2.24) is 0 Å². The number of unbranched alkanes of at least 4 members (excludes halogenated alkanes) is 5. The quantitative estimate of drug-likeness (QED) is 0.136. The van der Waals surface area contributed by atoms with Gasteiger partial charge in [0.25, 0.3) is 0 Å². The van der Waals surface area contributed by atoms with E-state index in [1.54, 1.807) is 11.1 Å². The van der Waals surface area contributed by atoms with E-state index < -0.39 is 0 Å². The molecule has 2 aliphatic rings. The number of halogens is 1. The summed E-state index contributed by atoms with van der Waals surface area (Å²) in [5, 5.41) is 0. The third kappa shape index (κ3) is 4.61. The van der Waals surface area contributed by atoms with Crippen LogP contribution in [0.25, 0.3) is 40.4 Å². The molecule has 41 heavy (non-hydrogen) atoms. The lowest BCUT2D eigenvalue weighted by Gasteiger charge is -2.28. The van der Waals surface area contributed by atoms with E-state index in [4.69, 9.17) is 0 Å². The topological polar surface area (TPSA) is 0 Å². The predicted molar refractivity (Wildman–Crippen MR) is 189 cm³/mol. The van der Waals surface area contributed by atoms with Gasteiger partial charge in [-0.25, -0.2) is 0 Å². The molecule has 0 N–H and O–H groups in total. The summed E-state index contributed by atoms with van der Waals surface area (Å²) in [5.41, 5.74) is 9.20. The Morgan fingerprint density at radius 2 is 1.22 bits per heavy atom. The van der Waals surface area contributed by atoms with E-state index in [1.807, 2.05) is 45.3 Å². The van der Waals surface area contributed by atoms with E-state index in [-0.39, 0.29) is 10.8 Å². The zero-order chi connectivity index (χ0) is 28.5. The van der Waals surface area contributed by atoms with Crippen molar-refractivity contribution in [2.75, 3.05) is 0 Å². The minimum absolute atomic E-state index is 0.00627. The molecule has 0 amide bonds. The largest absolute Gasteiger partial charge is 0.140 e. The molecule has 7 rings (SSSR count). The molecule has 0 saturated carbocycles. The second kappa shape index (κ2) is 10.6. The number of thiophene rings is 4. The molecular formula is C36H37BrS4. The van der Waals surface area contributed by atoms with Gasteiger partial charge in [0.1, 0.15) is 0 Å². The highest BCUT2D eigenvalue weighted by Crippen LogP contribution is 2.61. The second-order valence-corrected chi connectivity index (χ2v) is 18.5. The molecule has 0 aliphatic heterocycles. The van der Waals surface area contributed by atoms with E-state index in [9.17, 15) is 0 Å². The smallest absolute Gasteiger partial charge is 0.0705 e. The van der Waals surface area contributed by atoms with Gasteiger partial charge >= 0.3 is 0 Å². The Morgan fingerprint density at radius 1 is 0.610 bits per heavy atom. The molecule has 1 unspecified atom stereocenters. The number of rotatable bonds is 9. The number of benzene rings is 1. The van der Waals surface area contributed by atoms with Gasteiger partial charge in [-0.15, -0.1) is 45.3 Å². The van der Waals surface area contributed by atoms with E-state index >= 15 is 0 Å². The summed E-state index contributed by atoms with van der Waals surface area (Å²) in [6, 6.07) is 19.3. The van der Waals surface area contributed by atoms with Gasteiger partial charge in [-0.2, -0.15) is 0 Å². The highest BCUT2D eigenvalue weighted by atomic mass is 79.9. The summed E-state index contributed by atoms with van der Waals surface area (Å²) in [7, 11) is 0. The average Bonchev–Trinajstić information content (AvgIpc) is 3.77. The number of aryl methyl sites for hydroxylation is 1. The first-order valence-corrected chi connectivity index (χ1v) is 19.1. The van der Waals surface area contributed by atoms with Gasteiger partial charge in [0, 0.05) is 45.0 Å². The maximum Gasteiger partial charge on any atom is 0.0705 e. The summed E-state index contributed by atoms with van der Waals surface area (Å²) >= 11 is 11.5. The van der Waals surface area contributed by atoms with E-state index in [2.05, 4.69) is 99.1 Å². The van der Waals surface area contributed by atoms with Crippen LogP contribution in [-0.4, -0.2) is 0 Å². The van der Waals surface area contributed by atoms with Gasteiger partial charge in [-0.3, -0.25) is 0 Å². The Balaban J connectivity index is 1.33.